The van der Waals surface area contributed by atoms with Crippen molar-refractivity contribution in [3.05, 3.63) is 5.82 Å². The van der Waals surface area contributed by atoms with Crippen LogP contribution in [0.1, 0.15) is 25.6 Å². The lowest BCUT2D eigenvalue weighted by molar-refractivity contribution is -0.144. The first-order valence-electron chi connectivity index (χ1n) is 4.68. The molecule has 0 saturated heterocycles. The molecule has 96 valence electrons. The lowest BCUT2D eigenvalue weighted by Gasteiger charge is -2.10. The first-order chi connectivity index (χ1) is 7.79. The highest BCUT2D eigenvalue weighted by Gasteiger charge is 2.36. The summed E-state index contributed by atoms with van der Waals surface area (Å²) in [5, 5.41) is 11.1. The summed E-state index contributed by atoms with van der Waals surface area (Å²) in [5.74, 6) is -2.14. The van der Waals surface area contributed by atoms with Crippen LogP contribution in [0.15, 0.2) is 0 Å². The Morgan fingerprint density at radius 2 is 2.24 bits per heavy atom. The molecule has 0 bridgehead atoms. The van der Waals surface area contributed by atoms with Crippen molar-refractivity contribution in [3.8, 4) is 0 Å². The van der Waals surface area contributed by atoms with Gasteiger partial charge < -0.3 is 10.4 Å². The normalized spacial score (nSPS) is 13.4. The van der Waals surface area contributed by atoms with Gasteiger partial charge in [-0.2, -0.15) is 22.5 Å². The van der Waals surface area contributed by atoms with Gasteiger partial charge in [0.2, 0.25) is 11.0 Å². The van der Waals surface area contributed by atoms with Gasteiger partial charge in [-0.1, -0.05) is 0 Å². The standard InChI is InChI=1S/C8H10F3N3O2S/c1-4(2-3-5(15)16)12-7-13-6(14-17-7)8(9,10)11/h4H,2-3H2,1H3,(H,15,16)(H,12,13,14). The predicted octanol–water partition coefficient (Wildman–Crippen LogP) is 2.22. The Kier molecular flexibility index (Phi) is 4.27. The van der Waals surface area contributed by atoms with Gasteiger partial charge in [-0.25, -0.2) is 0 Å². The highest BCUT2D eigenvalue weighted by molar-refractivity contribution is 7.09. The average Bonchev–Trinajstić information content (AvgIpc) is 2.62. The Bertz CT molecular complexity index is 394. The summed E-state index contributed by atoms with van der Waals surface area (Å²) in [5.41, 5.74) is 0. The monoisotopic (exact) mass is 269 g/mol. The summed E-state index contributed by atoms with van der Waals surface area (Å²) in [7, 11) is 0. The number of hydrogen-bond acceptors (Lipinski definition) is 5. The molecule has 5 nitrogen and oxygen atoms in total. The number of carbonyl (C=O) groups is 1. The van der Waals surface area contributed by atoms with E-state index in [1.807, 2.05) is 0 Å². The quantitative estimate of drug-likeness (QED) is 0.857. The highest BCUT2D eigenvalue weighted by Crippen LogP contribution is 2.29. The summed E-state index contributed by atoms with van der Waals surface area (Å²) in [4.78, 5) is 13.6. The topological polar surface area (TPSA) is 75.1 Å². The van der Waals surface area contributed by atoms with Crippen LogP contribution >= 0.6 is 11.5 Å². The van der Waals surface area contributed by atoms with E-state index < -0.39 is 18.0 Å². The zero-order valence-corrected chi connectivity index (χ0v) is 9.60. The van der Waals surface area contributed by atoms with Crippen LogP contribution in [0.2, 0.25) is 0 Å². The molecule has 0 amide bonds. The summed E-state index contributed by atoms with van der Waals surface area (Å²) in [6, 6.07) is -0.278. The first-order valence-corrected chi connectivity index (χ1v) is 5.45. The maximum atomic E-state index is 12.2. The Balaban J connectivity index is 2.52. The number of nitrogens with one attached hydrogen (secondary N) is 1. The van der Waals surface area contributed by atoms with E-state index in [4.69, 9.17) is 5.11 Å². The lowest BCUT2D eigenvalue weighted by atomic mass is 10.2. The molecule has 17 heavy (non-hydrogen) atoms. The minimum atomic E-state index is -4.55. The van der Waals surface area contributed by atoms with Crippen molar-refractivity contribution in [2.24, 2.45) is 0 Å². The molecule has 0 fully saturated rings. The molecule has 0 aromatic carbocycles. The van der Waals surface area contributed by atoms with E-state index in [1.54, 1.807) is 6.92 Å². The van der Waals surface area contributed by atoms with E-state index in [1.165, 1.54) is 0 Å². The zero-order valence-electron chi connectivity index (χ0n) is 8.78. The summed E-state index contributed by atoms with van der Waals surface area (Å²) in [6.07, 6.45) is -4.31. The fraction of sp³-hybridized carbons (Fsp3) is 0.625. The van der Waals surface area contributed by atoms with Gasteiger partial charge in [0, 0.05) is 24.0 Å². The molecule has 0 spiro atoms. The SMILES string of the molecule is CC(CCC(=O)O)Nc1nc(C(F)(F)F)ns1. The third-order valence-corrected chi connectivity index (χ3v) is 2.49. The molecule has 1 aromatic rings. The summed E-state index contributed by atoms with van der Waals surface area (Å²) < 4.78 is 39.7. The summed E-state index contributed by atoms with van der Waals surface area (Å²) >= 11 is 0.599. The number of anilines is 1. The smallest absolute Gasteiger partial charge is 0.452 e. The molecule has 2 N–H and O–H groups in total. The third-order valence-electron chi connectivity index (χ3n) is 1.84. The van der Waals surface area contributed by atoms with Crippen LogP contribution in [0, 0.1) is 0 Å². The molecule has 0 radical (unpaired) electrons. The number of aliphatic carboxylic acids is 1. The number of hydrogen-bond donors (Lipinski definition) is 2. The van der Waals surface area contributed by atoms with Crippen LogP contribution in [0.5, 0.6) is 0 Å². The second-order valence-electron chi connectivity index (χ2n) is 3.40. The van der Waals surface area contributed by atoms with Crippen molar-refractivity contribution in [3.63, 3.8) is 0 Å². The van der Waals surface area contributed by atoms with Crippen molar-refractivity contribution in [2.75, 3.05) is 5.32 Å². The Morgan fingerprint density at radius 3 is 2.71 bits per heavy atom. The maximum absolute atomic E-state index is 12.2. The predicted molar refractivity (Wildman–Crippen MR) is 54.9 cm³/mol. The van der Waals surface area contributed by atoms with Crippen LogP contribution in [-0.2, 0) is 11.0 Å². The molecule has 9 heteroatoms. The number of nitrogens with zero attached hydrogens (tertiary/aromatic N) is 2. The average molecular weight is 269 g/mol. The number of carboxylic acids is 1. The largest absolute Gasteiger partial charge is 0.481 e. The van der Waals surface area contributed by atoms with Crippen LogP contribution < -0.4 is 5.32 Å². The number of alkyl halides is 3. The fourth-order valence-corrected chi connectivity index (χ4v) is 1.72. The van der Waals surface area contributed by atoms with Gasteiger partial charge in [0.25, 0.3) is 0 Å². The van der Waals surface area contributed by atoms with Gasteiger partial charge in [0.15, 0.2) is 0 Å². The van der Waals surface area contributed by atoms with E-state index in [2.05, 4.69) is 14.7 Å². The molecule has 0 aliphatic carbocycles. The fourth-order valence-electron chi connectivity index (χ4n) is 1.02. The van der Waals surface area contributed by atoms with E-state index in [9.17, 15) is 18.0 Å². The Hall–Kier alpha value is -1.38. The van der Waals surface area contributed by atoms with Gasteiger partial charge in [-0.15, -0.1) is 0 Å². The second kappa shape index (κ2) is 5.30. The molecule has 1 atom stereocenters. The minimum absolute atomic E-state index is 0.0372. The minimum Gasteiger partial charge on any atom is -0.481 e. The number of aromatic nitrogens is 2. The summed E-state index contributed by atoms with van der Waals surface area (Å²) in [6.45, 7) is 1.66. The molecule has 0 aliphatic heterocycles. The zero-order chi connectivity index (χ0) is 13.1. The molecule has 0 aliphatic rings. The van der Waals surface area contributed by atoms with Gasteiger partial charge in [-0.05, 0) is 13.3 Å². The van der Waals surface area contributed by atoms with Crippen molar-refractivity contribution >= 4 is 22.6 Å². The molecular formula is C8H10F3N3O2S. The lowest BCUT2D eigenvalue weighted by Crippen LogP contribution is -2.16. The third kappa shape index (κ3) is 4.55. The van der Waals surface area contributed by atoms with E-state index in [0.717, 1.165) is 0 Å². The number of halogens is 3. The number of carboxylic acid groups (broad SMARTS) is 1. The molecular weight excluding hydrogens is 259 g/mol. The van der Waals surface area contributed by atoms with Crippen molar-refractivity contribution in [2.45, 2.75) is 32.0 Å². The van der Waals surface area contributed by atoms with Crippen molar-refractivity contribution in [1.82, 2.24) is 9.36 Å². The van der Waals surface area contributed by atoms with Gasteiger partial charge >= 0.3 is 12.1 Å². The maximum Gasteiger partial charge on any atom is 0.452 e. The van der Waals surface area contributed by atoms with Gasteiger partial charge in [0.05, 0.1) is 0 Å². The Morgan fingerprint density at radius 1 is 1.59 bits per heavy atom. The van der Waals surface area contributed by atoms with Crippen LogP contribution in [0.25, 0.3) is 0 Å². The van der Waals surface area contributed by atoms with Gasteiger partial charge in [0.1, 0.15) is 0 Å². The first kappa shape index (κ1) is 13.7. The van der Waals surface area contributed by atoms with E-state index in [-0.39, 0.29) is 17.6 Å². The van der Waals surface area contributed by atoms with Crippen LogP contribution in [-0.4, -0.2) is 26.5 Å². The van der Waals surface area contributed by atoms with E-state index in [0.29, 0.717) is 18.0 Å². The molecule has 1 unspecified atom stereocenters. The van der Waals surface area contributed by atoms with Crippen molar-refractivity contribution < 1.29 is 23.1 Å². The molecule has 1 heterocycles. The highest BCUT2D eigenvalue weighted by atomic mass is 32.1. The molecule has 0 saturated carbocycles. The van der Waals surface area contributed by atoms with Crippen LogP contribution in [0.3, 0.4) is 0 Å². The second-order valence-corrected chi connectivity index (χ2v) is 4.15. The van der Waals surface area contributed by atoms with Crippen LogP contribution in [0.4, 0.5) is 18.3 Å². The van der Waals surface area contributed by atoms with Gasteiger partial charge in [-0.3, -0.25) is 4.79 Å². The Labute approximate surface area is 98.8 Å². The molecule has 1 aromatic heterocycles. The van der Waals surface area contributed by atoms with E-state index >= 15 is 0 Å². The number of rotatable bonds is 5. The molecule has 1 rings (SSSR count). The van der Waals surface area contributed by atoms with Crippen molar-refractivity contribution in [1.29, 1.82) is 0 Å².